The molecule has 3 aromatic carbocycles. The van der Waals surface area contributed by atoms with E-state index in [2.05, 4.69) is 79.7 Å². The van der Waals surface area contributed by atoms with E-state index in [4.69, 9.17) is 0 Å². The number of hydrogen-bond donors (Lipinski definition) is 0. The standard InChI is InChI=1S/C20H15/c1-14-8-2-3-9-15(14)20-18-12-6-4-10-16(18)17-11-5-7-13-19(17)20/h2-13,20H,1H2. The van der Waals surface area contributed by atoms with Crippen molar-refractivity contribution >= 4 is 0 Å². The highest BCUT2D eigenvalue weighted by molar-refractivity contribution is 5.80. The molecule has 20 heavy (non-hydrogen) atoms. The number of hydrogen-bond acceptors (Lipinski definition) is 0. The molecule has 1 radical (unpaired) electrons. The first-order valence-electron chi connectivity index (χ1n) is 6.95. The molecule has 0 amide bonds. The lowest BCUT2D eigenvalue weighted by Crippen LogP contribution is -2.01. The van der Waals surface area contributed by atoms with E-state index in [0.29, 0.717) is 5.92 Å². The van der Waals surface area contributed by atoms with Crippen LogP contribution in [0, 0.1) is 6.92 Å². The minimum absolute atomic E-state index is 0.316. The monoisotopic (exact) mass is 255 g/mol. The smallest absolute Gasteiger partial charge is 0.0355 e. The van der Waals surface area contributed by atoms with Crippen molar-refractivity contribution in [1.29, 1.82) is 0 Å². The third-order valence-electron chi connectivity index (χ3n) is 4.20. The molecule has 0 bridgehead atoms. The first-order chi connectivity index (χ1) is 9.86. The highest BCUT2D eigenvalue weighted by atomic mass is 14.3. The second kappa shape index (κ2) is 4.35. The SMILES string of the molecule is [CH2]c1ccccc1C1c2ccccc2-c2ccccc21. The predicted octanol–water partition coefficient (Wildman–Crippen LogP) is 5.03. The Hall–Kier alpha value is -2.34. The average molecular weight is 255 g/mol. The third kappa shape index (κ3) is 1.55. The fourth-order valence-electron chi connectivity index (χ4n) is 3.31. The van der Waals surface area contributed by atoms with Crippen molar-refractivity contribution in [3.63, 3.8) is 0 Å². The summed E-state index contributed by atoms with van der Waals surface area (Å²) in [6.45, 7) is 4.21. The molecule has 0 heteroatoms. The Morgan fingerprint density at radius 3 is 1.55 bits per heavy atom. The van der Waals surface area contributed by atoms with Crippen LogP contribution in [-0.4, -0.2) is 0 Å². The van der Waals surface area contributed by atoms with Crippen LogP contribution in [0.4, 0.5) is 0 Å². The maximum absolute atomic E-state index is 4.21. The molecule has 3 aromatic rings. The fraction of sp³-hybridized carbons (Fsp3) is 0.0500. The zero-order chi connectivity index (χ0) is 13.5. The Morgan fingerprint density at radius 2 is 1.00 bits per heavy atom. The van der Waals surface area contributed by atoms with Crippen molar-refractivity contribution in [2.75, 3.05) is 0 Å². The van der Waals surface area contributed by atoms with E-state index in [1.807, 2.05) is 0 Å². The van der Waals surface area contributed by atoms with Crippen molar-refractivity contribution in [3.05, 3.63) is 102 Å². The van der Waals surface area contributed by atoms with Crippen LogP contribution in [0.1, 0.15) is 28.2 Å². The second-order valence-electron chi connectivity index (χ2n) is 5.31. The van der Waals surface area contributed by atoms with Gasteiger partial charge in [0.05, 0.1) is 0 Å². The van der Waals surface area contributed by atoms with E-state index >= 15 is 0 Å². The lowest BCUT2D eigenvalue weighted by atomic mass is 9.87. The van der Waals surface area contributed by atoms with Crippen LogP contribution in [0.15, 0.2) is 72.8 Å². The predicted molar refractivity (Wildman–Crippen MR) is 83.7 cm³/mol. The molecule has 0 saturated heterocycles. The highest BCUT2D eigenvalue weighted by Crippen LogP contribution is 2.48. The van der Waals surface area contributed by atoms with Crippen LogP contribution in [0.5, 0.6) is 0 Å². The normalized spacial score (nSPS) is 13.1. The summed E-state index contributed by atoms with van der Waals surface area (Å²) in [4.78, 5) is 0. The van der Waals surface area contributed by atoms with Crippen LogP contribution in [0.25, 0.3) is 11.1 Å². The Kier molecular flexibility index (Phi) is 2.50. The van der Waals surface area contributed by atoms with Gasteiger partial charge in [0.25, 0.3) is 0 Å². The van der Waals surface area contributed by atoms with Gasteiger partial charge in [0.2, 0.25) is 0 Å². The molecule has 1 aliphatic carbocycles. The first-order valence-corrected chi connectivity index (χ1v) is 6.95. The van der Waals surface area contributed by atoms with E-state index in [1.54, 1.807) is 0 Å². The van der Waals surface area contributed by atoms with Crippen LogP contribution in [0.3, 0.4) is 0 Å². The summed E-state index contributed by atoms with van der Waals surface area (Å²) in [5.41, 5.74) is 7.93. The van der Waals surface area contributed by atoms with E-state index in [1.165, 1.54) is 27.8 Å². The van der Waals surface area contributed by atoms with E-state index in [9.17, 15) is 0 Å². The molecular weight excluding hydrogens is 240 g/mol. The molecule has 0 heterocycles. The Bertz CT molecular complexity index is 738. The number of rotatable bonds is 1. The van der Waals surface area contributed by atoms with Crippen molar-refractivity contribution in [2.45, 2.75) is 5.92 Å². The van der Waals surface area contributed by atoms with Gasteiger partial charge in [-0.15, -0.1) is 0 Å². The molecule has 0 N–H and O–H groups in total. The van der Waals surface area contributed by atoms with Crippen molar-refractivity contribution in [3.8, 4) is 11.1 Å². The molecule has 0 aromatic heterocycles. The topological polar surface area (TPSA) is 0 Å². The minimum atomic E-state index is 0.316. The van der Waals surface area contributed by atoms with Gasteiger partial charge >= 0.3 is 0 Å². The quantitative estimate of drug-likeness (QED) is 0.447. The molecule has 0 fully saturated rings. The van der Waals surface area contributed by atoms with Gasteiger partial charge in [-0.25, -0.2) is 0 Å². The molecule has 0 spiro atoms. The zero-order valence-corrected chi connectivity index (χ0v) is 11.2. The summed E-state index contributed by atoms with van der Waals surface area (Å²) in [5.74, 6) is 0.316. The Morgan fingerprint density at radius 1 is 0.550 bits per heavy atom. The largest absolute Gasteiger partial charge is 0.0620 e. The van der Waals surface area contributed by atoms with Crippen LogP contribution >= 0.6 is 0 Å². The first kappa shape index (κ1) is 11.5. The maximum Gasteiger partial charge on any atom is 0.0355 e. The summed E-state index contributed by atoms with van der Waals surface area (Å²) in [6, 6.07) is 25.9. The van der Waals surface area contributed by atoms with Crippen molar-refractivity contribution in [2.24, 2.45) is 0 Å². The average Bonchev–Trinajstić information content (AvgIpc) is 2.83. The van der Waals surface area contributed by atoms with Crippen LogP contribution in [0.2, 0.25) is 0 Å². The lowest BCUT2D eigenvalue weighted by molar-refractivity contribution is 1.01. The van der Waals surface area contributed by atoms with Gasteiger partial charge in [-0.05, 0) is 40.3 Å². The number of fused-ring (bicyclic) bond motifs is 3. The molecular formula is C20H15. The van der Waals surface area contributed by atoms with Gasteiger partial charge in [-0.1, -0.05) is 72.8 Å². The fourth-order valence-corrected chi connectivity index (χ4v) is 3.31. The molecule has 0 saturated carbocycles. The molecule has 0 unspecified atom stereocenters. The van der Waals surface area contributed by atoms with Crippen LogP contribution in [-0.2, 0) is 0 Å². The van der Waals surface area contributed by atoms with Crippen LogP contribution < -0.4 is 0 Å². The van der Waals surface area contributed by atoms with Gasteiger partial charge < -0.3 is 0 Å². The Labute approximate surface area is 119 Å². The lowest BCUT2D eigenvalue weighted by Gasteiger charge is -2.16. The van der Waals surface area contributed by atoms with Gasteiger partial charge in [-0.2, -0.15) is 0 Å². The Balaban J connectivity index is 2.03. The summed E-state index contributed by atoms with van der Waals surface area (Å²) < 4.78 is 0. The highest BCUT2D eigenvalue weighted by Gasteiger charge is 2.29. The maximum atomic E-state index is 4.21. The van der Waals surface area contributed by atoms with Gasteiger partial charge in [-0.3, -0.25) is 0 Å². The van der Waals surface area contributed by atoms with Gasteiger partial charge in [0, 0.05) is 5.92 Å². The molecule has 4 rings (SSSR count). The minimum Gasteiger partial charge on any atom is -0.0620 e. The van der Waals surface area contributed by atoms with E-state index < -0.39 is 0 Å². The molecule has 0 nitrogen and oxygen atoms in total. The molecule has 0 atom stereocenters. The summed E-state index contributed by atoms with van der Waals surface area (Å²) >= 11 is 0. The van der Waals surface area contributed by atoms with Crippen molar-refractivity contribution in [1.82, 2.24) is 0 Å². The summed E-state index contributed by atoms with van der Waals surface area (Å²) in [6.07, 6.45) is 0. The summed E-state index contributed by atoms with van der Waals surface area (Å²) in [7, 11) is 0. The molecule has 95 valence electrons. The van der Waals surface area contributed by atoms with E-state index in [-0.39, 0.29) is 0 Å². The second-order valence-corrected chi connectivity index (χ2v) is 5.31. The van der Waals surface area contributed by atoms with E-state index in [0.717, 1.165) is 5.56 Å². The number of benzene rings is 3. The molecule has 0 aliphatic heterocycles. The third-order valence-corrected chi connectivity index (χ3v) is 4.20. The van der Waals surface area contributed by atoms with Gasteiger partial charge in [0.15, 0.2) is 0 Å². The van der Waals surface area contributed by atoms with Gasteiger partial charge in [0.1, 0.15) is 0 Å². The molecule has 1 aliphatic rings. The zero-order valence-electron chi connectivity index (χ0n) is 11.2. The van der Waals surface area contributed by atoms with Crippen molar-refractivity contribution < 1.29 is 0 Å². The summed E-state index contributed by atoms with van der Waals surface area (Å²) in [5, 5.41) is 0.